The number of rotatable bonds is 4. The molecule has 0 aliphatic carbocycles. The van der Waals surface area contributed by atoms with Gasteiger partial charge in [0.15, 0.2) is 0 Å². The van der Waals surface area contributed by atoms with Crippen LogP contribution in [0.15, 0.2) is 54.7 Å². The van der Waals surface area contributed by atoms with Gasteiger partial charge in [0, 0.05) is 17.7 Å². The molecule has 3 rings (SSSR count). The molecule has 0 radical (unpaired) electrons. The smallest absolute Gasteiger partial charge is 0.261 e. The predicted octanol–water partition coefficient (Wildman–Crippen LogP) is 4.48. The molecular weight excluding hydrogens is 348 g/mol. The van der Waals surface area contributed by atoms with Crippen molar-refractivity contribution in [3.05, 3.63) is 94.8 Å². The lowest BCUT2D eigenvalue weighted by Gasteiger charge is -2.08. The second-order valence-electron chi connectivity index (χ2n) is 5.47. The van der Waals surface area contributed by atoms with Gasteiger partial charge in [-0.25, -0.2) is 17.6 Å². The van der Waals surface area contributed by atoms with E-state index in [2.05, 4.69) is 10.3 Å². The quantitative estimate of drug-likeness (QED) is 0.697. The van der Waals surface area contributed by atoms with E-state index < -0.39 is 34.7 Å². The van der Waals surface area contributed by atoms with Crippen molar-refractivity contribution in [1.29, 1.82) is 0 Å². The van der Waals surface area contributed by atoms with Crippen LogP contribution in [-0.2, 0) is 6.42 Å². The lowest BCUT2D eigenvalue weighted by Crippen LogP contribution is -2.16. The highest BCUT2D eigenvalue weighted by molar-refractivity contribution is 6.04. The number of nitrogens with one attached hydrogen (secondary N) is 1. The van der Waals surface area contributed by atoms with Crippen LogP contribution >= 0.6 is 0 Å². The topological polar surface area (TPSA) is 42.0 Å². The van der Waals surface area contributed by atoms with Crippen molar-refractivity contribution in [1.82, 2.24) is 4.98 Å². The number of amides is 1. The van der Waals surface area contributed by atoms with Gasteiger partial charge in [-0.05, 0) is 36.4 Å². The molecule has 0 bridgehead atoms. The molecule has 0 spiro atoms. The predicted molar refractivity (Wildman–Crippen MR) is 87.7 cm³/mol. The van der Waals surface area contributed by atoms with Gasteiger partial charge in [0.05, 0.1) is 11.9 Å². The highest BCUT2D eigenvalue weighted by Gasteiger charge is 2.17. The highest BCUT2D eigenvalue weighted by Crippen LogP contribution is 2.18. The molecule has 1 heterocycles. The van der Waals surface area contributed by atoms with Crippen LogP contribution in [0.5, 0.6) is 0 Å². The van der Waals surface area contributed by atoms with E-state index >= 15 is 0 Å². The first kappa shape index (κ1) is 17.6. The van der Waals surface area contributed by atoms with Crippen LogP contribution in [0.25, 0.3) is 0 Å². The van der Waals surface area contributed by atoms with Crippen LogP contribution in [0.3, 0.4) is 0 Å². The number of benzene rings is 2. The van der Waals surface area contributed by atoms with E-state index in [-0.39, 0.29) is 17.7 Å². The van der Waals surface area contributed by atoms with Gasteiger partial charge in [-0.1, -0.05) is 12.1 Å². The SMILES string of the molecule is O=C(Nc1ccc(Cc2c(F)cccc2F)nc1)c1c(F)cccc1F. The van der Waals surface area contributed by atoms with Gasteiger partial charge in [-0.3, -0.25) is 9.78 Å². The van der Waals surface area contributed by atoms with Crippen molar-refractivity contribution in [2.45, 2.75) is 6.42 Å². The molecule has 0 aliphatic rings. The number of carbonyl (C=O) groups excluding carboxylic acids is 1. The third-order valence-electron chi connectivity index (χ3n) is 3.69. The third-order valence-corrected chi connectivity index (χ3v) is 3.69. The average Bonchev–Trinajstić information content (AvgIpc) is 2.59. The Bertz CT molecular complexity index is 918. The normalized spacial score (nSPS) is 10.6. The Balaban J connectivity index is 1.75. The molecule has 7 heteroatoms. The van der Waals surface area contributed by atoms with Crippen LogP contribution in [-0.4, -0.2) is 10.9 Å². The number of pyridine rings is 1. The summed E-state index contributed by atoms with van der Waals surface area (Å²) >= 11 is 0. The molecule has 3 aromatic rings. The molecule has 0 saturated heterocycles. The zero-order valence-corrected chi connectivity index (χ0v) is 13.3. The van der Waals surface area contributed by atoms with Gasteiger partial charge in [0.2, 0.25) is 0 Å². The Hall–Kier alpha value is -3.22. The average molecular weight is 360 g/mol. The van der Waals surface area contributed by atoms with Crippen molar-refractivity contribution in [3.8, 4) is 0 Å². The van der Waals surface area contributed by atoms with Gasteiger partial charge < -0.3 is 5.32 Å². The van der Waals surface area contributed by atoms with E-state index in [1.807, 2.05) is 0 Å². The summed E-state index contributed by atoms with van der Waals surface area (Å²) in [6.45, 7) is 0. The van der Waals surface area contributed by atoms with E-state index in [9.17, 15) is 22.4 Å². The number of aromatic nitrogens is 1. The van der Waals surface area contributed by atoms with Crippen LogP contribution in [0.4, 0.5) is 23.2 Å². The van der Waals surface area contributed by atoms with E-state index in [1.54, 1.807) is 0 Å². The Labute approximate surface area is 146 Å². The van der Waals surface area contributed by atoms with Gasteiger partial charge >= 0.3 is 0 Å². The molecule has 1 N–H and O–H groups in total. The Morgan fingerprint density at radius 2 is 1.42 bits per heavy atom. The first-order valence-electron chi connectivity index (χ1n) is 7.59. The van der Waals surface area contributed by atoms with Gasteiger partial charge in [-0.2, -0.15) is 0 Å². The fourth-order valence-electron chi connectivity index (χ4n) is 2.39. The molecular formula is C19H12F4N2O. The minimum absolute atomic E-state index is 0.0747. The molecule has 1 aromatic heterocycles. The minimum atomic E-state index is -0.984. The molecule has 3 nitrogen and oxygen atoms in total. The van der Waals surface area contributed by atoms with E-state index in [0.717, 1.165) is 30.3 Å². The summed E-state index contributed by atoms with van der Waals surface area (Å²) in [6.07, 6.45) is 1.17. The molecule has 132 valence electrons. The van der Waals surface area contributed by atoms with Gasteiger partial charge in [0.1, 0.15) is 28.8 Å². The summed E-state index contributed by atoms with van der Waals surface area (Å²) in [6, 6.07) is 9.55. The maximum Gasteiger partial charge on any atom is 0.261 e. The zero-order valence-electron chi connectivity index (χ0n) is 13.3. The second-order valence-corrected chi connectivity index (χ2v) is 5.47. The number of nitrogens with zero attached hydrogens (tertiary/aromatic N) is 1. The van der Waals surface area contributed by atoms with Crippen LogP contribution in [0.1, 0.15) is 21.6 Å². The highest BCUT2D eigenvalue weighted by atomic mass is 19.1. The second kappa shape index (κ2) is 7.35. The zero-order chi connectivity index (χ0) is 18.7. The van der Waals surface area contributed by atoms with E-state index in [4.69, 9.17) is 0 Å². The monoisotopic (exact) mass is 360 g/mol. The fourth-order valence-corrected chi connectivity index (χ4v) is 2.39. The summed E-state index contributed by atoms with van der Waals surface area (Å²) in [5.74, 6) is -4.29. The molecule has 0 atom stereocenters. The first-order chi connectivity index (χ1) is 12.5. The van der Waals surface area contributed by atoms with Gasteiger partial charge in [-0.15, -0.1) is 0 Å². The molecule has 26 heavy (non-hydrogen) atoms. The first-order valence-corrected chi connectivity index (χ1v) is 7.59. The lowest BCUT2D eigenvalue weighted by molar-refractivity contribution is 0.101. The molecule has 0 saturated carbocycles. The molecule has 1 amide bonds. The number of hydrogen-bond donors (Lipinski definition) is 1. The van der Waals surface area contributed by atoms with Crippen molar-refractivity contribution in [3.63, 3.8) is 0 Å². The number of halogens is 4. The third kappa shape index (κ3) is 3.72. The van der Waals surface area contributed by atoms with Crippen molar-refractivity contribution in [2.24, 2.45) is 0 Å². The van der Waals surface area contributed by atoms with Crippen molar-refractivity contribution >= 4 is 11.6 Å². The fraction of sp³-hybridized carbons (Fsp3) is 0.0526. The maximum atomic E-state index is 13.7. The molecule has 0 aliphatic heterocycles. The van der Waals surface area contributed by atoms with E-state index in [0.29, 0.717) is 5.69 Å². The Kier molecular flexibility index (Phi) is 4.97. The standard InChI is InChI=1S/C19H12F4N2O/c20-14-3-1-4-15(21)13(14)9-11-7-8-12(10-24-11)25-19(26)18-16(22)5-2-6-17(18)23/h1-8,10H,9H2,(H,25,26). The van der Waals surface area contributed by atoms with Gasteiger partial charge in [0.25, 0.3) is 5.91 Å². The number of anilines is 1. The molecule has 0 unspecified atom stereocenters. The van der Waals surface area contributed by atoms with Crippen molar-refractivity contribution < 1.29 is 22.4 Å². The minimum Gasteiger partial charge on any atom is -0.320 e. The Morgan fingerprint density at radius 1 is 0.846 bits per heavy atom. The van der Waals surface area contributed by atoms with Crippen molar-refractivity contribution in [2.75, 3.05) is 5.32 Å². The summed E-state index contributed by atoms with van der Waals surface area (Å²) in [5, 5.41) is 2.32. The number of hydrogen-bond acceptors (Lipinski definition) is 2. The maximum absolute atomic E-state index is 13.7. The summed E-state index contributed by atoms with van der Waals surface area (Å²) in [4.78, 5) is 16.0. The summed E-state index contributed by atoms with van der Waals surface area (Å²) in [7, 11) is 0. The van der Waals surface area contributed by atoms with E-state index in [1.165, 1.54) is 24.4 Å². The van der Waals surface area contributed by atoms with Crippen LogP contribution in [0, 0.1) is 23.3 Å². The summed E-state index contributed by atoms with van der Waals surface area (Å²) in [5.41, 5.74) is -0.269. The van der Waals surface area contributed by atoms with Crippen LogP contribution in [0.2, 0.25) is 0 Å². The number of carbonyl (C=O) groups is 1. The molecule has 0 fully saturated rings. The largest absolute Gasteiger partial charge is 0.320 e. The molecule has 2 aromatic carbocycles. The van der Waals surface area contributed by atoms with Crippen LogP contribution < -0.4 is 5.32 Å². The summed E-state index contributed by atoms with van der Waals surface area (Å²) < 4.78 is 54.5. The lowest BCUT2D eigenvalue weighted by atomic mass is 10.1. The Morgan fingerprint density at radius 3 is 1.96 bits per heavy atom.